The highest BCUT2D eigenvalue weighted by molar-refractivity contribution is 6.13. The normalized spacial score (nSPS) is 14.8. The molecule has 4 aromatic carbocycles. The van der Waals surface area contributed by atoms with Gasteiger partial charge in [-0.05, 0) is 161 Å². The predicted molar refractivity (Wildman–Crippen MR) is 200 cm³/mol. The predicted octanol–water partition coefficient (Wildman–Crippen LogP) is 9.36. The van der Waals surface area contributed by atoms with Gasteiger partial charge in [0.25, 0.3) is 0 Å². The number of aromatic nitrogens is 3. The zero-order valence-corrected chi connectivity index (χ0v) is 28.4. The maximum Gasteiger partial charge on any atom is 0.0525 e. The molecule has 47 heavy (non-hydrogen) atoms. The van der Waals surface area contributed by atoms with Gasteiger partial charge in [0.15, 0.2) is 0 Å². The number of hydrogen-bond acceptors (Lipinski definition) is 1. The summed E-state index contributed by atoms with van der Waals surface area (Å²) in [5, 5.41) is 13.9. The van der Waals surface area contributed by atoms with Gasteiger partial charge in [-0.15, -0.1) is 0 Å². The fourth-order valence-electron chi connectivity index (χ4n) is 7.97. The summed E-state index contributed by atoms with van der Waals surface area (Å²) in [5.74, 6) is 0. The van der Waals surface area contributed by atoms with Gasteiger partial charge in [-0.2, -0.15) is 0 Å². The van der Waals surface area contributed by atoms with E-state index in [1.165, 1.54) is 93.9 Å². The van der Waals surface area contributed by atoms with Gasteiger partial charge in [0.1, 0.15) is 0 Å². The molecule has 7 aromatic rings. The van der Waals surface area contributed by atoms with E-state index in [1.54, 1.807) is 0 Å². The molecule has 0 amide bonds. The van der Waals surface area contributed by atoms with Crippen molar-refractivity contribution in [2.75, 3.05) is 5.32 Å². The highest BCUT2D eigenvalue weighted by atomic mass is 15.0. The van der Waals surface area contributed by atoms with Gasteiger partial charge in [0, 0.05) is 44.5 Å². The van der Waals surface area contributed by atoms with Gasteiger partial charge in [-0.3, -0.25) is 0 Å². The molecule has 0 radical (unpaired) electrons. The summed E-state index contributed by atoms with van der Waals surface area (Å²) in [5.41, 5.74) is 17.0. The van der Waals surface area contributed by atoms with Crippen LogP contribution in [0.5, 0.6) is 0 Å². The molecule has 0 saturated carbocycles. The molecule has 232 valence electrons. The van der Waals surface area contributed by atoms with Crippen LogP contribution in [0.1, 0.15) is 69.9 Å². The summed E-state index contributed by atoms with van der Waals surface area (Å²) in [6.45, 7) is 18.1. The molecule has 5 heterocycles. The summed E-state index contributed by atoms with van der Waals surface area (Å²) in [6, 6.07) is 20.6. The number of H-pyrrole nitrogens is 3. The molecule has 0 saturated heterocycles. The first-order valence-corrected chi connectivity index (χ1v) is 16.7. The summed E-state index contributed by atoms with van der Waals surface area (Å²) in [4.78, 5) is 11.5. The van der Waals surface area contributed by atoms with E-state index in [0.717, 1.165) is 27.8 Å². The molecule has 8 bridgehead atoms. The van der Waals surface area contributed by atoms with E-state index < -0.39 is 0 Å². The van der Waals surface area contributed by atoms with Crippen molar-refractivity contribution in [3.63, 3.8) is 0 Å². The molecule has 0 fully saturated rings. The number of benzene rings is 4. The molecule has 0 unspecified atom stereocenters. The van der Waals surface area contributed by atoms with Gasteiger partial charge in [0.05, 0.1) is 11.4 Å². The molecular weight excluding hydrogens is 573 g/mol. The van der Waals surface area contributed by atoms with Crippen molar-refractivity contribution in [3.8, 4) is 11.3 Å². The minimum Gasteiger partial charge on any atom is -0.357 e. The van der Waals surface area contributed by atoms with Crippen LogP contribution in [0.2, 0.25) is 0 Å². The number of anilines is 1. The van der Waals surface area contributed by atoms with Gasteiger partial charge >= 0.3 is 0 Å². The number of nitrogens with one attached hydrogen (secondary N) is 4. The molecule has 4 heteroatoms. The summed E-state index contributed by atoms with van der Waals surface area (Å²) in [6.07, 6.45) is 6.91. The molecule has 0 aliphatic carbocycles. The Hall–Kier alpha value is -5.22. The Labute approximate surface area is 274 Å². The highest BCUT2D eigenvalue weighted by Crippen LogP contribution is 2.52. The lowest BCUT2D eigenvalue weighted by Crippen LogP contribution is -2.17. The topological polar surface area (TPSA) is 59.4 Å². The Kier molecular flexibility index (Phi) is 5.62. The summed E-state index contributed by atoms with van der Waals surface area (Å²) >= 11 is 0. The van der Waals surface area contributed by atoms with Crippen LogP contribution in [-0.2, 0) is 5.41 Å². The lowest BCUT2D eigenvalue weighted by molar-refractivity contribution is 0.659. The van der Waals surface area contributed by atoms with Crippen molar-refractivity contribution in [2.24, 2.45) is 0 Å². The van der Waals surface area contributed by atoms with Gasteiger partial charge in [-0.25, -0.2) is 0 Å². The Bertz CT molecular complexity index is 2680. The largest absolute Gasteiger partial charge is 0.357 e. The first kappa shape index (κ1) is 28.0. The van der Waals surface area contributed by atoms with Crippen molar-refractivity contribution < 1.29 is 0 Å². The van der Waals surface area contributed by atoms with E-state index in [4.69, 9.17) is 0 Å². The zero-order valence-electron chi connectivity index (χ0n) is 28.4. The second-order valence-corrected chi connectivity index (χ2v) is 14.5. The average Bonchev–Trinajstić information content (AvgIpc) is 3.67. The Morgan fingerprint density at radius 2 is 1.06 bits per heavy atom. The number of aromatic amines is 3. The molecule has 0 atom stereocenters. The third-order valence-corrected chi connectivity index (χ3v) is 11.6. The van der Waals surface area contributed by atoms with E-state index >= 15 is 0 Å². The van der Waals surface area contributed by atoms with Crippen LogP contribution in [0, 0.1) is 41.5 Å². The molecule has 0 spiro atoms. The molecule has 2 aliphatic heterocycles. The third kappa shape index (κ3) is 3.88. The number of hydrogen-bond donors (Lipinski definition) is 4. The van der Waals surface area contributed by atoms with Crippen LogP contribution >= 0.6 is 0 Å². The van der Waals surface area contributed by atoms with E-state index in [2.05, 4.69) is 148 Å². The van der Waals surface area contributed by atoms with Crippen LogP contribution in [-0.4, -0.2) is 15.0 Å². The van der Waals surface area contributed by atoms with E-state index in [9.17, 15) is 0 Å². The minimum atomic E-state index is -0.230. The van der Waals surface area contributed by atoms with Gasteiger partial charge in [-0.1, -0.05) is 38.1 Å². The monoisotopic (exact) mass is 612 g/mol. The minimum absolute atomic E-state index is 0.230. The summed E-state index contributed by atoms with van der Waals surface area (Å²) in [7, 11) is 0. The van der Waals surface area contributed by atoms with Crippen LogP contribution in [0.4, 0.5) is 5.69 Å². The maximum atomic E-state index is 4.00. The molecule has 3 aromatic heterocycles. The quantitative estimate of drug-likeness (QED) is 0.127. The van der Waals surface area contributed by atoms with Crippen molar-refractivity contribution in [1.82, 2.24) is 15.0 Å². The molecule has 9 rings (SSSR count). The first-order chi connectivity index (χ1) is 22.5. The molecule has 4 N–H and O–H groups in total. The molecule has 2 aliphatic rings. The van der Waals surface area contributed by atoms with Crippen molar-refractivity contribution in [2.45, 2.75) is 60.8 Å². The SMILES string of the molecule is Cc1c2[nH]c(c1C)C=c1[nH]c(c(C)c1C)=Cc1[nH]c(c(C)c1C)-c1c3c(cc4cc5cc6ccccc6cc5cc14)C(C)(C)C(=C2)N3. The Balaban J connectivity index is 1.44. The highest BCUT2D eigenvalue weighted by Gasteiger charge is 2.38. The fraction of sp³-hybridized carbons (Fsp3) is 0.209. The molecular formula is C43H40N4. The van der Waals surface area contributed by atoms with E-state index in [0.29, 0.717) is 0 Å². The standard InChI is InChI=1S/C43H40N4/c1-21-22(2)36-19-37-25(5)26(6)41(46-37)40-32-16-30-14-28-12-10-9-11-27(28)13-29(30)15-31(32)17-33-42(40)47-39(43(33,7)8)20-38-24(4)23(3)35(45-38)18-34(21)44-36/h9-20,44-47H,1-8H3. The lowest BCUT2D eigenvalue weighted by Gasteiger charge is -2.21. The third-order valence-electron chi connectivity index (χ3n) is 11.6. The van der Waals surface area contributed by atoms with Crippen molar-refractivity contribution >= 4 is 56.2 Å². The van der Waals surface area contributed by atoms with Crippen LogP contribution in [0.15, 0.2) is 60.3 Å². The van der Waals surface area contributed by atoms with Gasteiger partial charge in [0.2, 0.25) is 0 Å². The smallest absolute Gasteiger partial charge is 0.0525 e. The van der Waals surface area contributed by atoms with Gasteiger partial charge < -0.3 is 20.3 Å². The number of allylic oxidation sites excluding steroid dienone is 1. The first-order valence-electron chi connectivity index (χ1n) is 16.7. The zero-order chi connectivity index (χ0) is 32.5. The number of rotatable bonds is 0. The van der Waals surface area contributed by atoms with Crippen molar-refractivity contribution in [1.29, 1.82) is 0 Å². The second kappa shape index (κ2) is 9.42. The Morgan fingerprint density at radius 3 is 1.72 bits per heavy atom. The van der Waals surface area contributed by atoms with E-state index in [1.807, 2.05) is 0 Å². The van der Waals surface area contributed by atoms with Crippen LogP contribution in [0.3, 0.4) is 0 Å². The molecule has 4 nitrogen and oxygen atoms in total. The van der Waals surface area contributed by atoms with Crippen LogP contribution in [0.25, 0.3) is 61.8 Å². The second-order valence-electron chi connectivity index (χ2n) is 14.5. The van der Waals surface area contributed by atoms with E-state index in [-0.39, 0.29) is 5.41 Å². The Morgan fingerprint density at radius 1 is 0.511 bits per heavy atom. The van der Waals surface area contributed by atoms with Crippen LogP contribution < -0.4 is 16.0 Å². The number of fused-ring (bicyclic) bond motifs is 12. The average molecular weight is 613 g/mol. The fourth-order valence-corrected chi connectivity index (χ4v) is 7.97. The summed E-state index contributed by atoms with van der Waals surface area (Å²) < 4.78 is 0. The maximum absolute atomic E-state index is 4.00. The van der Waals surface area contributed by atoms with Crippen molar-refractivity contribution in [3.05, 3.63) is 127 Å². The lowest BCUT2D eigenvalue weighted by atomic mass is 9.80.